The Balaban J connectivity index is 4.40. The van der Waals surface area contributed by atoms with Crippen molar-refractivity contribution in [3.8, 4) is 0 Å². The monoisotopic (exact) mass is 169 g/mol. The summed E-state index contributed by atoms with van der Waals surface area (Å²) in [5.41, 5.74) is 0. The summed E-state index contributed by atoms with van der Waals surface area (Å²) in [5.74, 6) is 0.0995. The van der Waals surface area contributed by atoms with Gasteiger partial charge in [-0.2, -0.15) is 0 Å². The van der Waals surface area contributed by atoms with Crippen molar-refractivity contribution < 1.29 is 4.79 Å². The molecule has 0 spiro atoms. The number of nitrogens with zero attached hydrogens (tertiary/aromatic N) is 1. The highest BCUT2D eigenvalue weighted by Crippen LogP contribution is 2.05. The summed E-state index contributed by atoms with van der Waals surface area (Å²) in [5, 5.41) is 0. The predicted octanol–water partition coefficient (Wildman–Crippen LogP) is 2.21. The number of carbonyl (C=O) groups excluding carboxylic acids is 1. The van der Waals surface area contributed by atoms with Gasteiger partial charge in [-0.1, -0.05) is 6.08 Å². The maximum Gasteiger partial charge on any atom is 0.246 e. The van der Waals surface area contributed by atoms with E-state index in [2.05, 4.69) is 0 Å². The first-order chi connectivity index (χ1) is 5.50. The van der Waals surface area contributed by atoms with Crippen molar-refractivity contribution in [3.05, 3.63) is 12.2 Å². The van der Waals surface area contributed by atoms with E-state index in [0.29, 0.717) is 0 Å². The Kier molecular flexibility index (Phi) is 4.64. The lowest BCUT2D eigenvalue weighted by Crippen LogP contribution is -2.41. The van der Waals surface area contributed by atoms with Gasteiger partial charge in [0, 0.05) is 12.1 Å². The number of hydrogen-bond donors (Lipinski definition) is 0. The summed E-state index contributed by atoms with van der Waals surface area (Å²) in [6.45, 7) is 9.97. The standard InChI is InChI=1S/C10H19NO/c1-6-7-10(12)11(8(2)3)9(4)5/h6-9H,1-5H3. The summed E-state index contributed by atoms with van der Waals surface area (Å²) >= 11 is 0. The summed E-state index contributed by atoms with van der Waals surface area (Å²) in [7, 11) is 0. The lowest BCUT2D eigenvalue weighted by Gasteiger charge is -2.29. The second kappa shape index (κ2) is 4.96. The molecule has 2 nitrogen and oxygen atoms in total. The third kappa shape index (κ3) is 3.07. The van der Waals surface area contributed by atoms with Gasteiger partial charge in [-0.05, 0) is 40.7 Å². The van der Waals surface area contributed by atoms with E-state index >= 15 is 0 Å². The van der Waals surface area contributed by atoms with Crippen molar-refractivity contribution >= 4 is 5.91 Å². The number of amides is 1. The van der Waals surface area contributed by atoms with E-state index in [-0.39, 0.29) is 18.0 Å². The fourth-order valence-corrected chi connectivity index (χ4v) is 1.33. The van der Waals surface area contributed by atoms with Crippen molar-refractivity contribution in [2.45, 2.75) is 46.7 Å². The quantitative estimate of drug-likeness (QED) is 0.593. The summed E-state index contributed by atoms with van der Waals surface area (Å²) in [4.78, 5) is 13.3. The number of hydrogen-bond acceptors (Lipinski definition) is 1. The number of allylic oxidation sites excluding steroid dienone is 1. The molecule has 0 aliphatic carbocycles. The van der Waals surface area contributed by atoms with Crippen LogP contribution >= 0.6 is 0 Å². The molecule has 0 aliphatic heterocycles. The molecule has 70 valence electrons. The van der Waals surface area contributed by atoms with Crippen LogP contribution in [0.3, 0.4) is 0 Å². The molecule has 12 heavy (non-hydrogen) atoms. The van der Waals surface area contributed by atoms with Crippen molar-refractivity contribution in [3.63, 3.8) is 0 Å². The van der Waals surface area contributed by atoms with Crippen molar-refractivity contribution in [1.82, 2.24) is 4.90 Å². The van der Waals surface area contributed by atoms with E-state index in [4.69, 9.17) is 0 Å². The number of carbonyl (C=O) groups is 1. The van der Waals surface area contributed by atoms with Crippen LogP contribution in [0, 0.1) is 0 Å². The second-order valence-electron chi connectivity index (χ2n) is 3.43. The molecule has 0 aromatic carbocycles. The van der Waals surface area contributed by atoms with Gasteiger partial charge >= 0.3 is 0 Å². The highest BCUT2D eigenvalue weighted by Gasteiger charge is 2.16. The van der Waals surface area contributed by atoms with E-state index < -0.39 is 0 Å². The zero-order valence-corrected chi connectivity index (χ0v) is 8.66. The minimum atomic E-state index is 0.0995. The molecule has 0 aromatic rings. The first kappa shape index (κ1) is 11.2. The molecule has 0 radical (unpaired) electrons. The van der Waals surface area contributed by atoms with Crippen LogP contribution in [0.2, 0.25) is 0 Å². The molecule has 0 aliphatic rings. The van der Waals surface area contributed by atoms with Crippen molar-refractivity contribution in [2.24, 2.45) is 0 Å². The van der Waals surface area contributed by atoms with Crippen LogP contribution in [-0.2, 0) is 4.79 Å². The largest absolute Gasteiger partial charge is 0.334 e. The molecule has 0 fully saturated rings. The second-order valence-corrected chi connectivity index (χ2v) is 3.43. The molecule has 1 amide bonds. The molecule has 0 atom stereocenters. The highest BCUT2D eigenvalue weighted by molar-refractivity contribution is 5.87. The lowest BCUT2D eigenvalue weighted by atomic mass is 10.2. The molecule has 0 aromatic heterocycles. The van der Waals surface area contributed by atoms with Crippen LogP contribution in [0.5, 0.6) is 0 Å². The Labute approximate surface area is 75.3 Å². The van der Waals surface area contributed by atoms with Gasteiger partial charge in [-0.25, -0.2) is 0 Å². The first-order valence-corrected chi connectivity index (χ1v) is 4.45. The Morgan fingerprint density at radius 2 is 1.58 bits per heavy atom. The summed E-state index contributed by atoms with van der Waals surface area (Å²) in [6.07, 6.45) is 3.39. The average Bonchev–Trinajstić information content (AvgIpc) is 1.85. The fourth-order valence-electron chi connectivity index (χ4n) is 1.33. The maximum atomic E-state index is 11.5. The van der Waals surface area contributed by atoms with E-state index in [1.165, 1.54) is 0 Å². The number of rotatable bonds is 3. The average molecular weight is 169 g/mol. The van der Waals surface area contributed by atoms with Crippen LogP contribution in [0.15, 0.2) is 12.2 Å². The molecule has 0 bridgehead atoms. The Hall–Kier alpha value is -0.790. The van der Waals surface area contributed by atoms with Crippen LogP contribution in [-0.4, -0.2) is 22.9 Å². The smallest absolute Gasteiger partial charge is 0.246 e. The molecular formula is C10H19NO. The van der Waals surface area contributed by atoms with Gasteiger partial charge in [-0.15, -0.1) is 0 Å². The Bertz CT molecular complexity index is 163. The van der Waals surface area contributed by atoms with Gasteiger partial charge in [0.2, 0.25) is 5.91 Å². The van der Waals surface area contributed by atoms with Gasteiger partial charge in [-0.3, -0.25) is 4.79 Å². The maximum absolute atomic E-state index is 11.5. The van der Waals surface area contributed by atoms with Crippen molar-refractivity contribution in [2.75, 3.05) is 0 Å². The normalized spacial score (nSPS) is 11.6. The van der Waals surface area contributed by atoms with E-state index in [1.54, 1.807) is 12.2 Å². The SMILES string of the molecule is CC=CC(=O)N(C(C)C)C(C)C. The van der Waals surface area contributed by atoms with Gasteiger partial charge in [0.15, 0.2) is 0 Å². The molecule has 0 unspecified atom stereocenters. The van der Waals surface area contributed by atoms with Gasteiger partial charge in [0.1, 0.15) is 0 Å². The Morgan fingerprint density at radius 1 is 1.17 bits per heavy atom. The molecule has 0 N–H and O–H groups in total. The van der Waals surface area contributed by atoms with Gasteiger partial charge < -0.3 is 4.90 Å². The molecule has 2 heteroatoms. The Morgan fingerprint density at radius 3 is 1.83 bits per heavy atom. The van der Waals surface area contributed by atoms with E-state index in [0.717, 1.165) is 0 Å². The molecule has 0 rings (SSSR count). The third-order valence-corrected chi connectivity index (χ3v) is 1.68. The zero-order chi connectivity index (χ0) is 9.72. The topological polar surface area (TPSA) is 20.3 Å². The molecule has 0 saturated carbocycles. The first-order valence-electron chi connectivity index (χ1n) is 4.45. The van der Waals surface area contributed by atoms with Crippen LogP contribution in [0.25, 0.3) is 0 Å². The molecule has 0 saturated heterocycles. The fraction of sp³-hybridized carbons (Fsp3) is 0.700. The van der Waals surface area contributed by atoms with Gasteiger partial charge in [0.05, 0.1) is 0 Å². The third-order valence-electron chi connectivity index (χ3n) is 1.68. The summed E-state index contributed by atoms with van der Waals surface area (Å²) < 4.78 is 0. The predicted molar refractivity (Wildman–Crippen MR) is 51.9 cm³/mol. The van der Waals surface area contributed by atoms with E-state index in [9.17, 15) is 4.79 Å². The molecular weight excluding hydrogens is 150 g/mol. The molecule has 0 heterocycles. The zero-order valence-electron chi connectivity index (χ0n) is 8.66. The van der Waals surface area contributed by atoms with Crippen molar-refractivity contribution in [1.29, 1.82) is 0 Å². The van der Waals surface area contributed by atoms with Crippen LogP contribution in [0.4, 0.5) is 0 Å². The minimum Gasteiger partial charge on any atom is -0.334 e. The minimum absolute atomic E-state index is 0.0995. The van der Waals surface area contributed by atoms with E-state index in [1.807, 2.05) is 39.5 Å². The highest BCUT2D eigenvalue weighted by atomic mass is 16.2. The van der Waals surface area contributed by atoms with Crippen LogP contribution < -0.4 is 0 Å². The van der Waals surface area contributed by atoms with Crippen LogP contribution in [0.1, 0.15) is 34.6 Å². The van der Waals surface area contributed by atoms with Gasteiger partial charge in [0.25, 0.3) is 0 Å². The summed E-state index contributed by atoms with van der Waals surface area (Å²) in [6, 6.07) is 0.544. The lowest BCUT2D eigenvalue weighted by molar-refractivity contribution is -0.129.